The number of nitrogens with zero attached hydrogens (tertiary/aromatic N) is 1. The summed E-state index contributed by atoms with van der Waals surface area (Å²) >= 11 is 0. The summed E-state index contributed by atoms with van der Waals surface area (Å²) < 4.78 is 6.44. The van der Waals surface area contributed by atoms with Crippen molar-refractivity contribution < 1.29 is 4.74 Å². The van der Waals surface area contributed by atoms with Crippen LogP contribution in [0.15, 0.2) is 188 Å². The molecule has 0 spiro atoms. The SMILES string of the molecule is CCC(C)c1ccc(COc2ccc(C3(c4ccc(C)cc4)c4ccccc4-c4ccc(N(c5ccccc5)c5ccc6c(c5)C(C)(C)c5ccccc5-6)cc43)cc2)cc1. The predicted molar refractivity (Wildman–Crippen MR) is 250 cm³/mol. The molecular weight excluding hydrogens is 727 g/mol. The quantitative estimate of drug-likeness (QED) is 0.137. The summed E-state index contributed by atoms with van der Waals surface area (Å²) in [6.07, 6.45) is 1.14. The van der Waals surface area contributed by atoms with Gasteiger partial charge in [-0.05, 0) is 135 Å². The third kappa shape index (κ3) is 6.08. The lowest BCUT2D eigenvalue weighted by Crippen LogP contribution is -2.29. The first-order valence-corrected chi connectivity index (χ1v) is 21.5. The van der Waals surface area contributed by atoms with Gasteiger partial charge in [-0.25, -0.2) is 0 Å². The van der Waals surface area contributed by atoms with Crippen molar-refractivity contribution in [1.82, 2.24) is 0 Å². The van der Waals surface area contributed by atoms with Crippen LogP contribution < -0.4 is 9.64 Å². The maximum atomic E-state index is 6.44. The van der Waals surface area contributed by atoms with E-state index in [2.05, 4.69) is 228 Å². The summed E-state index contributed by atoms with van der Waals surface area (Å²) in [5, 5.41) is 0. The van der Waals surface area contributed by atoms with Crippen molar-refractivity contribution in [2.24, 2.45) is 0 Å². The second-order valence-electron chi connectivity index (χ2n) is 17.3. The Kier molecular flexibility index (Phi) is 9.33. The van der Waals surface area contributed by atoms with E-state index in [0.717, 1.165) is 29.2 Å². The number of fused-ring (bicyclic) bond motifs is 6. The van der Waals surface area contributed by atoms with Crippen LogP contribution in [0.25, 0.3) is 22.3 Å². The number of hydrogen-bond acceptors (Lipinski definition) is 2. The van der Waals surface area contributed by atoms with Gasteiger partial charge < -0.3 is 9.64 Å². The van der Waals surface area contributed by atoms with Crippen molar-refractivity contribution in [2.75, 3.05) is 4.90 Å². The standard InChI is InChI=1S/C58H51NO/c1-6-40(3)42-24-22-41(23-25-42)38-60-48-32-28-44(29-33-48)58(43-26-20-39(2)21-27-43)54-19-13-11-17-50(54)52-35-31-47(37-56(52)58)59(45-14-8-7-9-15-45)46-30-34-51-49-16-10-12-18-53(49)57(4,5)55(51)36-46/h7-37,40H,6,38H2,1-5H3. The fourth-order valence-corrected chi connectivity index (χ4v) is 10.0. The van der Waals surface area contributed by atoms with Crippen LogP contribution >= 0.6 is 0 Å². The van der Waals surface area contributed by atoms with E-state index in [1.807, 2.05) is 0 Å². The average molecular weight is 778 g/mol. The van der Waals surface area contributed by atoms with Crippen LogP contribution in [0, 0.1) is 6.92 Å². The molecule has 2 atom stereocenters. The van der Waals surface area contributed by atoms with Crippen LogP contribution in [0.4, 0.5) is 17.1 Å². The lowest BCUT2D eigenvalue weighted by atomic mass is 9.67. The van der Waals surface area contributed by atoms with Crippen LogP contribution in [-0.2, 0) is 17.4 Å². The molecule has 60 heavy (non-hydrogen) atoms. The molecule has 0 amide bonds. The molecule has 2 aliphatic carbocycles. The van der Waals surface area contributed by atoms with Gasteiger partial charge in [0.15, 0.2) is 0 Å². The van der Waals surface area contributed by atoms with E-state index in [4.69, 9.17) is 4.74 Å². The highest BCUT2D eigenvalue weighted by molar-refractivity contribution is 5.90. The second kappa shape index (κ2) is 14.9. The zero-order valence-corrected chi connectivity index (χ0v) is 35.2. The van der Waals surface area contributed by atoms with Gasteiger partial charge in [0.2, 0.25) is 0 Å². The molecule has 2 unspecified atom stereocenters. The largest absolute Gasteiger partial charge is 0.489 e. The molecule has 0 fully saturated rings. The van der Waals surface area contributed by atoms with Crippen molar-refractivity contribution in [3.05, 3.63) is 238 Å². The van der Waals surface area contributed by atoms with Crippen LogP contribution in [0.3, 0.4) is 0 Å². The molecular formula is C58H51NO. The molecule has 0 heterocycles. The molecule has 0 saturated carbocycles. The van der Waals surface area contributed by atoms with E-state index in [-0.39, 0.29) is 5.41 Å². The minimum absolute atomic E-state index is 0.113. The Morgan fingerprint density at radius 2 is 1.03 bits per heavy atom. The zero-order chi connectivity index (χ0) is 41.0. The molecule has 2 aliphatic rings. The molecule has 0 N–H and O–H groups in total. The Hall–Kier alpha value is -6.64. The topological polar surface area (TPSA) is 12.5 Å². The van der Waals surface area contributed by atoms with E-state index in [9.17, 15) is 0 Å². The van der Waals surface area contributed by atoms with Gasteiger partial charge in [0.05, 0.1) is 5.41 Å². The highest BCUT2D eigenvalue weighted by atomic mass is 16.5. The molecule has 0 saturated heterocycles. The molecule has 8 aromatic carbocycles. The van der Waals surface area contributed by atoms with E-state index < -0.39 is 5.41 Å². The normalized spacial score (nSPS) is 16.0. The fourth-order valence-electron chi connectivity index (χ4n) is 10.0. The number of ether oxygens (including phenoxy) is 1. The number of aryl methyl sites for hydroxylation is 1. The second-order valence-corrected chi connectivity index (χ2v) is 17.3. The Bertz CT molecular complexity index is 2840. The minimum atomic E-state index is -0.566. The number of benzene rings is 8. The smallest absolute Gasteiger partial charge is 0.119 e. The van der Waals surface area contributed by atoms with Gasteiger partial charge in [-0.2, -0.15) is 0 Å². The van der Waals surface area contributed by atoms with Gasteiger partial charge in [0.1, 0.15) is 12.4 Å². The summed E-state index contributed by atoms with van der Waals surface area (Å²) in [6.45, 7) is 11.9. The van der Waals surface area contributed by atoms with Crippen LogP contribution in [-0.4, -0.2) is 0 Å². The van der Waals surface area contributed by atoms with E-state index in [1.54, 1.807) is 0 Å². The molecule has 2 heteroatoms. The third-order valence-electron chi connectivity index (χ3n) is 13.5. The van der Waals surface area contributed by atoms with Gasteiger partial charge in [-0.1, -0.05) is 173 Å². The van der Waals surface area contributed by atoms with Crippen molar-refractivity contribution in [2.45, 2.75) is 64.4 Å². The lowest BCUT2D eigenvalue weighted by molar-refractivity contribution is 0.306. The molecule has 0 bridgehead atoms. The van der Waals surface area contributed by atoms with Crippen LogP contribution in [0.2, 0.25) is 0 Å². The van der Waals surface area contributed by atoms with Gasteiger partial charge in [0, 0.05) is 22.5 Å². The number of anilines is 3. The number of para-hydroxylation sites is 1. The predicted octanol–water partition coefficient (Wildman–Crippen LogP) is 15.2. The van der Waals surface area contributed by atoms with Gasteiger partial charge in [-0.15, -0.1) is 0 Å². The summed E-state index contributed by atoms with van der Waals surface area (Å²) in [5.74, 6) is 1.42. The highest BCUT2D eigenvalue weighted by Crippen LogP contribution is 2.58. The average Bonchev–Trinajstić information content (AvgIpc) is 3.71. The number of rotatable bonds is 10. The molecule has 8 aromatic rings. The Morgan fingerprint density at radius 3 is 1.68 bits per heavy atom. The molecule has 2 nitrogen and oxygen atoms in total. The molecule has 0 aromatic heterocycles. The first-order chi connectivity index (χ1) is 29.3. The Labute approximate surface area is 355 Å². The van der Waals surface area contributed by atoms with Gasteiger partial charge in [-0.3, -0.25) is 0 Å². The first kappa shape index (κ1) is 37.6. The summed E-state index contributed by atoms with van der Waals surface area (Å²) in [7, 11) is 0. The number of hydrogen-bond donors (Lipinski definition) is 0. The third-order valence-corrected chi connectivity index (χ3v) is 13.5. The van der Waals surface area contributed by atoms with Crippen molar-refractivity contribution in [3.63, 3.8) is 0 Å². The van der Waals surface area contributed by atoms with Crippen molar-refractivity contribution in [3.8, 4) is 28.0 Å². The summed E-state index contributed by atoms with van der Waals surface area (Å²) in [4.78, 5) is 2.44. The first-order valence-electron chi connectivity index (χ1n) is 21.5. The van der Waals surface area contributed by atoms with E-state index in [0.29, 0.717) is 12.5 Å². The maximum Gasteiger partial charge on any atom is 0.119 e. The minimum Gasteiger partial charge on any atom is -0.489 e. The lowest BCUT2D eigenvalue weighted by Gasteiger charge is -2.35. The van der Waals surface area contributed by atoms with Gasteiger partial charge >= 0.3 is 0 Å². The Balaban J connectivity index is 1.11. The fraction of sp³-hybridized carbons (Fsp3) is 0.172. The monoisotopic (exact) mass is 777 g/mol. The highest BCUT2D eigenvalue weighted by Gasteiger charge is 2.46. The van der Waals surface area contributed by atoms with Gasteiger partial charge in [0.25, 0.3) is 0 Å². The van der Waals surface area contributed by atoms with Crippen LogP contribution in [0.5, 0.6) is 5.75 Å². The zero-order valence-electron chi connectivity index (χ0n) is 35.2. The van der Waals surface area contributed by atoms with Crippen LogP contribution in [0.1, 0.15) is 90.1 Å². The maximum absolute atomic E-state index is 6.44. The van der Waals surface area contributed by atoms with E-state index in [1.165, 1.54) is 72.3 Å². The molecule has 0 aliphatic heterocycles. The summed E-state index contributed by atoms with van der Waals surface area (Å²) in [6, 6.07) is 69.8. The molecule has 10 rings (SSSR count). The summed E-state index contributed by atoms with van der Waals surface area (Å²) in [5.41, 5.74) is 19.4. The molecule has 0 radical (unpaired) electrons. The van der Waals surface area contributed by atoms with E-state index >= 15 is 0 Å². The van der Waals surface area contributed by atoms with Crippen molar-refractivity contribution in [1.29, 1.82) is 0 Å². The Morgan fingerprint density at radius 1 is 0.500 bits per heavy atom. The van der Waals surface area contributed by atoms with Crippen molar-refractivity contribution >= 4 is 17.1 Å². The molecule has 294 valence electrons.